The van der Waals surface area contributed by atoms with Crippen LogP contribution in [0, 0.1) is 5.41 Å². The zero-order valence-electron chi connectivity index (χ0n) is 9.77. The number of halogens is 2. The lowest BCUT2D eigenvalue weighted by Gasteiger charge is -2.71. The SMILES string of the molecule is CC(C)OC(=O)NC12CC(C(C)(F)F)(C1)C2. The first kappa shape index (κ1) is 11.6. The van der Waals surface area contributed by atoms with Crippen molar-refractivity contribution in [1.82, 2.24) is 5.32 Å². The highest BCUT2D eigenvalue weighted by Gasteiger charge is 2.76. The van der Waals surface area contributed by atoms with Gasteiger partial charge in [0.05, 0.1) is 6.10 Å². The second kappa shape index (κ2) is 3.08. The van der Waals surface area contributed by atoms with Crippen molar-refractivity contribution in [2.24, 2.45) is 5.41 Å². The number of alkyl halides is 2. The molecule has 3 fully saturated rings. The van der Waals surface area contributed by atoms with Gasteiger partial charge in [-0.05, 0) is 40.0 Å². The molecule has 0 aromatic heterocycles. The zero-order valence-corrected chi connectivity index (χ0v) is 9.77. The molecule has 16 heavy (non-hydrogen) atoms. The van der Waals surface area contributed by atoms with E-state index in [2.05, 4.69) is 5.32 Å². The fourth-order valence-corrected chi connectivity index (χ4v) is 2.85. The molecule has 3 aliphatic carbocycles. The molecule has 0 saturated heterocycles. The summed E-state index contributed by atoms with van der Waals surface area (Å²) < 4.78 is 31.3. The van der Waals surface area contributed by atoms with Crippen LogP contribution in [0.5, 0.6) is 0 Å². The summed E-state index contributed by atoms with van der Waals surface area (Å²) >= 11 is 0. The minimum Gasteiger partial charge on any atom is -0.447 e. The van der Waals surface area contributed by atoms with Crippen molar-refractivity contribution < 1.29 is 18.3 Å². The molecule has 2 bridgehead atoms. The van der Waals surface area contributed by atoms with Crippen LogP contribution < -0.4 is 5.32 Å². The summed E-state index contributed by atoms with van der Waals surface area (Å²) in [6.45, 7) is 4.47. The molecule has 3 rings (SSSR count). The second-order valence-corrected chi connectivity index (χ2v) is 5.56. The molecule has 1 N–H and O–H groups in total. The Morgan fingerprint density at radius 3 is 2.25 bits per heavy atom. The van der Waals surface area contributed by atoms with E-state index in [4.69, 9.17) is 4.74 Å². The first-order valence-corrected chi connectivity index (χ1v) is 5.55. The summed E-state index contributed by atoms with van der Waals surface area (Å²) in [5.74, 6) is -2.64. The average Bonchev–Trinajstić information content (AvgIpc) is 1.88. The maximum atomic E-state index is 13.2. The Kier molecular flexibility index (Phi) is 2.23. The smallest absolute Gasteiger partial charge is 0.407 e. The van der Waals surface area contributed by atoms with Gasteiger partial charge >= 0.3 is 6.09 Å². The van der Waals surface area contributed by atoms with Crippen LogP contribution in [-0.2, 0) is 4.74 Å². The minimum absolute atomic E-state index is 0.186. The summed E-state index contributed by atoms with van der Waals surface area (Å²) in [6, 6.07) is 0. The molecule has 0 aromatic rings. The highest BCUT2D eigenvalue weighted by atomic mass is 19.3. The molecule has 0 aliphatic heterocycles. The van der Waals surface area contributed by atoms with E-state index in [1.165, 1.54) is 0 Å². The summed E-state index contributed by atoms with van der Waals surface area (Å²) in [7, 11) is 0. The lowest BCUT2D eigenvalue weighted by Crippen LogP contribution is -2.79. The molecule has 92 valence electrons. The van der Waals surface area contributed by atoms with Crippen molar-refractivity contribution >= 4 is 6.09 Å². The Bertz CT molecular complexity index is 303. The number of nitrogens with one attached hydrogen (secondary N) is 1. The van der Waals surface area contributed by atoms with Crippen molar-refractivity contribution in [1.29, 1.82) is 0 Å². The van der Waals surface area contributed by atoms with Crippen molar-refractivity contribution in [3.05, 3.63) is 0 Å². The molecule has 0 unspecified atom stereocenters. The Morgan fingerprint density at radius 1 is 1.38 bits per heavy atom. The van der Waals surface area contributed by atoms with Crippen LogP contribution >= 0.6 is 0 Å². The number of rotatable bonds is 3. The molecular weight excluding hydrogens is 216 g/mol. The molecule has 0 spiro atoms. The van der Waals surface area contributed by atoms with Crippen LogP contribution in [0.2, 0.25) is 0 Å². The van der Waals surface area contributed by atoms with Gasteiger partial charge in [0, 0.05) is 11.0 Å². The molecule has 1 amide bonds. The van der Waals surface area contributed by atoms with Gasteiger partial charge in [-0.25, -0.2) is 13.6 Å². The van der Waals surface area contributed by atoms with Crippen molar-refractivity contribution in [3.8, 4) is 0 Å². The summed E-state index contributed by atoms with van der Waals surface area (Å²) in [6.07, 6.45) is 0.432. The quantitative estimate of drug-likeness (QED) is 0.813. The largest absolute Gasteiger partial charge is 0.447 e. The van der Waals surface area contributed by atoms with Crippen LogP contribution in [0.3, 0.4) is 0 Å². The standard InChI is InChI=1S/C11H17F2NO2/c1-7(2)16-8(15)14-11-4-10(5-11,6-11)9(3,12)13/h7H,4-6H2,1-3H3,(H,14,15). The van der Waals surface area contributed by atoms with E-state index < -0.39 is 23.0 Å². The molecule has 0 atom stereocenters. The van der Waals surface area contributed by atoms with Gasteiger partial charge in [0.1, 0.15) is 0 Å². The number of carbonyl (C=O) groups is 1. The van der Waals surface area contributed by atoms with E-state index in [9.17, 15) is 13.6 Å². The fourth-order valence-electron chi connectivity index (χ4n) is 2.85. The van der Waals surface area contributed by atoms with Crippen LogP contribution in [0.15, 0.2) is 0 Å². The number of amides is 1. The number of ether oxygens (including phenoxy) is 1. The fraction of sp³-hybridized carbons (Fsp3) is 0.909. The van der Waals surface area contributed by atoms with Crippen molar-refractivity contribution in [3.63, 3.8) is 0 Å². The highest BCUT2D eigenvalue weighted by Crippen LogP contribution is 2.72. The van der Waals surface area contributed by atoms with Gasteiger partial charge in [-0.1, -0.05) is 0 Å². The lowest BCUT2D eigenvalue weighted by atomic mass is 9.37. The Hall–Kier alpha value is -0.870. The van der Waals surface area contributed by atoms with Crippen LogP contribution in [0.4, 0.5) is 13.6 Å². The normalized spacial score (nSPS) is 36.4. The maximum absolute atomic E-state index is 13.2. The molecule has 0 radical (unpaired) electrons. The number of hydrogen-bond acceptors (Lipinski definition) is 2. The maximum Gasteiger partial charge on any atom is 0.407 e. The van der Waals surface area contributed by atoms with Gasteiger partial charge in [0.25, 0.3) is 5.92 Å². The lowest BCUT2D eigenvalue weighted by molar-refractivity contribution is -0.274. The zero-order chi connectivity index (χ0) is 12.2. The topological polar surface area (TPSA) is 38.3 Å². The third-order valence-electron chi connectivity index (χ3n) is 3.67. The second-order valence-electron chi connectivity index (χ2n) is 5.56. The molecule has 0 heterocycles. The highest BCUT2D eigenvalue weighted by molar-refractivity contribution is 5.69. The molecule has 3 aliphatic rings. The molecule has 3 nitrogen and oxygen atoms in total. The summed E-state index contributed by atoms with van der Waals surface area (Å²) in [4.78, 5) is 11.3. The van der Waals surface area contributed by atoms with E-state index in [1.54, 1.807) is 13.8 Å². The third kappa shape index (κ3) is 1.57. The number of alkyl carbamates (subject to hydrolysis) is 1. The average molecular weight is 233 g/mol. The molecule has 5 heteroatoms. The van der Waals surface area contributed by atoms with E-state index in [0.717, 1.165) is 6.92 Å². The van der Waals surface area contributed by atoms with Crippen LogP contribution in [-0.4, -0.2) is 23.7 Å². The van der Waals surface area contributed by atoms with Gasteiger partial charge in [0.2, 0.25) is 0 Å². The van der Waals surface area contributed by atoms with Gasteiger partial charge in [0.15, 0.2) is 0 Å². The number of hydrogen-bond donors (Lipinski definition) is 1. The predicted molar refractivity (Wildman–Crippen MR) is 54.4 cm³/mol. The first-order chi connectivity index (χ1) is 7.18. The molecule has 3 saturated carbocycles. The Balaban J connectivity index is 1.84. The van der Waals surface area contributed by atoms with Crippen LogP contribution in [0.1, 0.15) is 40.0 Å². The monoisotopic (exact) mass is 233 g/mol. The van der Waals surface area contributed by atoms with Gasteiger partial charge in [-0.3, -0.25) is 0 Å². The Labute approximate surface area is 93.5 Å². The van der Waals surface area contributed by atoms with Crippen molar-refractivity contribution in [2.75, 3.05) is 0 Å². The van der Waals surface area contributed by atoms with E-state index in [-0.39, 0.29) is 6.10 Å². The van der Waals surface area contributed by atoms with Crippen LogP contribution in [0.25, 0.3) is 0 Å². The molecular formula is C11H17F2NO2. The predicted octanol–water partition coefficient (Wildman–Crippen LogP) is 2.70. The minimum atomic E-state index is -2.64. The first-order valence-electron chi connectivity index (χ1n) is 5.55. The van der Waals surface area contributed by atoms with Gasteiger partial charge in [-0.2, -0.15) is 0 Å². The van der Waals surface area contributed by atoms with Gasteiger partial charge < -0.3 is 10.1 Å². The van der Waals surface area contributed by atoms with Gasteiger partial charge in [-0.15, -0.1) is 0 Å². The third-order valence-corrected chi connectivity index (χ3v) is 3.67. The number of carbonyl (C=O) groups excluding carboxylic acids is 1. The van der Waals surface area contributed by atoms with E-state index >= 15 is 0 Å². The summed E-state index contributed by atoms with van der Waals surface area (Å²) in [5.41, 5.74) is -1.27. The van der Waals surface area contributed by atoms with E-state index in [0.29, 0.717) is 19.3 Å². The van der Waals surface area contributed by atoms with Crippen molar-refractivity contribution in [2.45, 2.75) is 57.6 Å². The summed E-state index contributed by atoms with van der Waals surface area (Å²) in [5, 5.41) is 2.69. The van der Waals surface area contributed by atoms with E-state index in [1.807, 2.05) is 0 Å². The Morgan fingerprint density at radius 2 is 1.88 bits per heavy atom. The molecule has 0 aromatic carbocycles.